The Kier molecular flexibility index (Phi) is 10.4. The van der Waals surface area contributed by atoms with Crippen molar-refractivity contribution in [1.82, 2.24) is 0 Å². The molecule has 0 bridgehead atoms. The van der Waals surface area contributed by atoms with Crippen molar-refractivity contribution < 1.29 is 13.6 Å². The lowest BCUT2D eigenvalue weighted by molar-refractivity contribution is 0.414. The van der Waals surface area contributed by atoms with Crippen LogP contribution >= 0.6 is 0 Å². The van der Waals surface area contributed by atoms with Gasteiger partial charge in [0.05, 0.1) is 17.9 Å². The largest absolute Gasteiger partial charge is 0.456 e. The fourth-order valence-electron chi connectivity index (χ4n) is 10.2. The van der Waals surface area contributed by atoms with Gasteiger partial charge in [0.25, 0.3) is 0 Å². The first-order chi connectivity index (χ1) is 35.1. The number of furan rings is 2. The molecule has 9 aromatic carbocycles. The number of rotatable bonds is 8. The Morgan fingerprint density at radius 1 is 0.577 bits per heavy atom. The van der Waals surface area contributed by atoms with Crippen LogP contribution in [-0.2, 0) is 6.54 Å². The normalized spacial score (nSPS) is 14.8. The average molecular weight is 917 g/mol. The van der Waals surface area contributed by atoms with Crippen molar-refractivity contribution in [2.75, 3.05) is 4.90 Å². The summed E-state index contributed by atoms with van der Waals surface area (Å²) in [7, 11) is 0. The predicted molar refractivity (Wildman–Crippen MR) is 290 cm³/mol. The van der Waals surface area contributed by atoms with E-state index in [-0.39, 0.29) is 5.92 Å². The van der Waals surface area contributed by atoms with E-state index < -0.39 is 0 Å². The predicted octanol–water partition coefficient (Wildman–Crippen LogP) is 16.4. The van der Waals surface area contributed by atoms with E-state index in [0.29, 0.717) is 18.2 Å². The molecule has 0 N–H and O–H groups in total. The van der Waals surface area contributed by atoms with Gasteiger partial charge in [-0.15, -0.1) is 0 Å². The number of hydrogen-bond donors (Lipinski definition) is 0. The van der Waals surface area contributed by atoms with Crippen LogP contribution in [0.2, 0.25) is 0 Å². The first kappa shape index (κ1) is 41.8. The van der Waals surface area contributed by atoms with Crippen molar-refractivity contribution in [3.05, 3.63) is 258 Å². The summed E-state index contributed by atoms with van der Waals surface area (Å²) >= 11 is 0. The second kappa shape index (κ2) is 17.6. The lowest BCUT2D eigenvalue weighted by Crippen LogP contribution is -2.27. The Labute approximate surface area is 410 Å². The molecule has 338 valence electrons. The number of benzene rings is 9. The van der Waals surface area contributed by atoms with E-state index in [1.165, 1.54) is 0 Å². The maximum absolute atomic E-state index is 7.09. The minimum Gasteiger partial charge on any atom is -0.456 e. The van der Waals surface area contributed by atoms with E-state index in [4.69, 9.17) is 23.6 Å². The summed E-state index contributed by atoms with van der Waals surface area (Å²) in [5.41, 5.74) is 14.5. The van der Waals surface area contributed by atoms with Crippen LogP contribution in [0.4, 0.5) is 11.4 Å². The average Bonchev–Trinajstić information content (AvgIpc) is 4.02. The summed E-state index contributed by atoms with van der Waals surface area (Å²) in [6, 6.07) is 73.1. The molecule has 13 rings (SSSR count). The molecule has 1 atom stereocenters. The monoisotopic (exact) mass is 916 g/mol. The van der Waals surface area contributed by atoms with Crippen LogP contribution < -0.4 is 9.64 Å². The van der Waals surface area contributed by atoms with Crippen molar-refractivity contribution >= 4 is 73.6 Å². The van der Waals surface area contributed by atoms with Crippen LogP contribution in [0.25, 0.3) is 66.1 Å². The van der Waals surface area contributed by atoms with Crippen molar-refractivity contribution in [2.24, 2.45) is 15.0 Å². The van der Waals surface area contributed by atoms with E-state index in [1.807, 2.05) is 72.8 Å². The molecule has 71 heavy (non-hydrogen) atoms. The second-order valence-corrected chi connectivity index (χ2v) is 17.9. The number of nitrogens with zero attached hydrogens (tertiary/aromatic N) is 4. The zero-order chi connectivity index (χ0) is 47.3. The van der Waals surface area contributed by atoms with Gasteiger partial charge in [-0.05, 0) is 95.6 Å². The number of allylic oxidation sites excluding steroid dienone is 2. The minimum atomic E-state index is 0.000632. The first-order valence-corrected chi connectivity index (χ1v) is 23.9. The van der Waals surface area contributed by atoms with Gasteiger partial charge in [0, 0.05) is 49.8 Å². The highest BCUT2D eigenvalue weighted by Crippen LogP contribution is 2.50. The van der Waals surface area contributed by atoms with Gasteiger partial charge in [-0.3, -0.25) is 4.99 Å². The lowest BCUT2D eigenvalue weighted by Gasteiger charge is -2.37. The van der Waals surface area contributed by atoms with Gasteiger partial charge < -0.3 is 18.5 Å². The van der Waals surface area contributed by atoms with Crippen molar-refractivity contribution in [2.45, 2.75) is 18.9 Å². The SMILES string of the molecule is C=NC(=NC(=NCc1ccccc1)c1cccc2oc3ccc(C4C=C5Oc6cc(-c7cccc8c7oc7ccccc78)ccc6N(c6cccc(-c7ccccc7)c6)C5=CC4)cc3c12)c1ccccc1. The first-order valence-electron chi connectivity index (χ1n) is 23.9. The molecule has 2 aromatic heterocycles. The molecule has 1 aliphatic heterocycles. The second-order valence-electron chi connectivity index (χ2n) is 17.9. The smallest absolute Gasteiger partial charge is 0.161 e. The molecule has 0 fully saturated rings. The molecule has 11 aromatic rings. The number of amidine groups is 2. The third-order valence-electron chi connectivity index (χ3n) is 13.6. The molecule has 1 unspecified atom stereocenters. The van der Waals surface area contributed by atoms with E-state index >= 15 is 0 Å². The summed E-state index contributed by atoms with van der Waals surface area (Å²) in [5, 5.41) is 4.11. The Balaban J connectivity index is 0.922. The standard InChI is InChI=1S/C64H44N4O3/c1-65-63(43-20-9-4-10-21-43)67-64(66-40-41-16-5-2-6-17-41)52-27-15-29-58-61(52)53-37-45(32-35-57(53)69-58)46-30-33-54-59(38-46)70-60-39-47(49-25-14-26-51-50-24-11-12-28-56(50)71-62(49)51)31-34-55(60)68(54)48-23-13-22-44(36-48)42-18-7-3-8-19-42/h2-29,31-39,46H,1,30,40H2. The molecule has 0 spiro atoms. The van der Waals surface area contributed by atoms with Crippen molar-refractivity contribution in [3.8, 4) is 28.0 Å². The fourth-order valence-corrected chi connectivity index (χ4v) is 10.2. The van der Waals surface area contributed by atoms with Crippen LogP contribution in [0.15, 0.2) is 260 Å². The molecule has 7 nitrogen and oxygen atoms in total. The Hall–Kier alpha value is -9.33. The highest BCUT2D eigenvalue weighted by Gasteiger charge is 2.33. The van der Waals surface area contributed by atoms with Crippen LogP contribution in [0.5, 0.6) is 5.75 Å². The highest BCUT2D eigenvalue weighted by molar-refractivity contribution is 6.21. The molecule has 7 heteroatoms. The number of hydrogen-bond acceptors (Lipinski definition) is 5. The maximum atomic E-state index is 7.09. The summed E-state index contributed by atoms with van der Waals surface area (Å²) in [6.07, 6.45) is 5.36. The molecule has 1 aliphatic carbocycles. The van der Waals surface area contributed by atoms with Gasteiger partial charge in [-0.1, -0.05) is 170 Å². The maximum Gasteiger partial charge on any atom is 0.161 e. The number of ether oxygens (including phenoxy) is 1. The molecule has 0 amide bonds. The van der Waals surface area contributed by atoms with Crippen LogP contribution in [-0.4, -0.2) is 18.4 Å². The van der Waals surface area contributed by atoms with Gasteiger partial charge in [-0.25, -0.2) is 9.98 Å². The Morgan fingerprint density at radius 2 is 1.31 bits per heavy atom. The van der Waals surface area contributed by atoms with Gasteiger partial charge in [-0.2, -0.15) is 0 Å². The van der Waals surface area contributed by atoms with Gasteiger partial charge in [0.1, 0.15) is 28.1 Å². The third kappa shape index (κ3) is 7.61. The number of anilines is 2. The molecule has 3 heterocycles. The topological polar surface area (TPSA) is 75.8 Å². The summed E-state index contributed by atoms with van der Waals surface area (Å²) in [5.74, 6) is 2.60. The molecule has 0 radical (unpaired) electrons. The fraction of sp³-hybridized carbons (Fsp3) is 0.0469. The summed E-state index contributed by atoms with van der Waals surface area (Å²) < 4.78 is 20.2. The van der Waals surface area contributed by atoms with E-state index in [0.717, 1.165) is 123 Å². The zero-order valence-corrected chi connectivity index (χ0v) is 38.6. The van der Waals surface area contributed by atoms with Crippen LogP contribution in [0, 0.1) is 0 Å². The number of aliphatic imine (C=N–C) groups is 3. The van der Waals surface area contributed by atoms with E-state index in [9.17, 15) is 0 Å². The quantitative estimate of drug-likeness (QED) is 0.112. The summed E-state index contributed by atoms with van der Waals surface area (Å²) in [6.45, 7) is 4.34. The van der Waals surface area contributed by atoms with E-state index in [1.54, 1.807) is 0 Å². The zero-order valence-electron chi connectivity index (χ0n) is 38.6. The summed E-state index contributed by atoms with van der Waals surface area (Å²) in [4.78, 5) is 17.0. The Morgan fingerprint density at radius 3 is 2.17 bits per heavy atom. The Bertz CT molecular complexity index is 3990. The molecule has 2 aliphatic rings. The van der Waals surface area contributed by atoms with Gasteiger partial charge >= 0.3 is 0 Å². The third-order valence-corrected chi connectivity index (χ3v) is 13.6. The lowest BCUT2D eigenvalue weighted by atomic mass is 9.88. The van der Waals surface area contributed by atoms with Crippen molar-refractivity contribution in [3.63, 3.8) is 0 Å². The number of para-hydroxylation sites is 2. The number of fused-ring (bicyclic) bond motifs is 8. The highest BCUT2D eigenvalue weighted by atomic mass is 16.5. The van der Waals surface area contributed by atoms with Crippen LogP contribution in [0.1, 0.15) is 34.6 Å². The van der Waals surface area contributed by atoms with Gasteiger partial charge in [0.2, 0.25) is 0 Å². The molecular weight excluding hydrogens is 873 g/mol. The van der Waals surface area contributed by atoms with Gasteiger partial charge in [0.15, 0.2) is 17.4 Å². The molecule has 0 saturated carbocycles. The molecular formula is C64H44N4O3. The van der Waals surface area contributed by atoms with E-state index in [2.05, 4.69) is 168 Å². The van der Waals surface area contributed by atoms with Crippen molar-refractivity contribution in [1.29, 1.82) is 0 Å². The minimum absolute atomic E-state index is 0.000632. The van der Waals surface area contributed by atoms with Crippen LogP contribution in [0.3, 0.4) is 0 Å². The molecule has 0 saturated heterocycles.